The highest BCUT2D eigenvalue weighted by molar-refractivity contribution is 5.83. The summed E-state index contributed by atoms with van der Waals surface area (Å²) in [5, 5.41) is 5.03. The Kier molecular flexibility index (Phi) is 7.76. The van der Waals surface area contributed by atoms with E-state index >= 15 is 0 Å². The Morgan fingerprint density at radius 3 is 2.28 bits per heavy atom. The summed E-state index contributed by atoms with van der Waals surface area (Å²) in [6.45, 7) is 3.45. The lowest BCUT2D eigenvalue weighted by Crippen LogP contribution is -2.47. The van der Waals surface area contributed by atoms with Crippen LogP contribution in [-0.4, -0.2) is 36.9 Å². The Morgan fingerprint density at radius 1 is 1.16 bits per heavy atom. The van der Waals surface area contributed by atoms with Crippen LogP contribution in [0, 0.1) is 6.92 Å². The molecule has 0 aliphatic carbocycles. The van der Waals surface area contributed by atoms with Gasteiger partial charge in [0.1, 0.15) is 0 Å². The van der Waals surface area contributed by atoms with E-state index in [4.69, 9.17) is 4.74 Å². The fourth-order valence-corrected chi connectivity index (χ4v) is 1.80. The monoisotopic (exact) mass is 358 g/mol. The number of amides is 2. The van der Waals surface area contributed by atoms with Gasteiger partial charge >= 0.3 is 12.7 Å². The SMILES string of the molecule is Cc1ccc(CNC(=O)[C@@H](COC(F)F)OC(=O)NC(C)(C)C)cc1. The third-order valence-corrected chi connectivity index (χ3v) is 2.98. The second-order valence-corrected chi connectivity index (χ2v) is 6.57. The Bertz CT molecular complexity index is 571. The molecule has 2 N–H and O–H groups in total. The van der Waals surface area contributed by atoms with Crippen molar-refractivity contribution in [3.05, 3.63) is 35.4 Å². The predicted molar refractivity (Wildman–Crippen MR) is 88.1 cm³/mol. The van der Waals surface area contributed by atoms with E-state index in [1.54, 1.807) is 20.8 Å². The Balaban J connectivity index is 2.64. The van der Waals surface area contributed by atoms with Crippen molar-refractivity contribution in [1.29, 1.82) is 0 Å². The van der Waals surface area contributed by atoms with Crippen LogP contribution in [-0.2, 0) is 20.8 Å². The minimum absolute atomic E-state index is 0.175. The molecule has 1 atom stereocenters. The van der Waals surface area contributed by atoms with Crippen LogP contribution in [0.4, 0.5) is 13.6 Å². The summed E-state index contributed by atoms with van der Waals surface area (Å²) >= 11 is 0. The number of hydrogen-bond donors (Lipinski definition) is 2. The summed E-state index contributed by atoms with van der Waals surface area (Å²) in [6.07, 6.45) is -2.37. The maximum atomic E-state index is 12.2. The molecule has 25 heavy (non-hydrogen) atoms. The molecule has 8 heteroatoms. The smallest absolute Gasteiger partial charge is 0.408 e. The van der Waals surface area contributed by atoms with E-state index < -0.39 is 36.9 Å². The van der Waals surface area contributed by atoms with Crippen molar-refractivity contribution in [1.82, 2.24) is 10.6 Å². The van der Waals surface area contributed by atoms with Crippen molar-refractivity contribution in [2.45, 2.75) is 52.5 Å². The van der Waals surface area contributed by atoms with Crippen LogP contribution < -0.4 is 10.6 Å². The number of aryl methyl sites for hydroxylation is 1. The van der Waals surface area contributed by atoms with Gasteiger partial charge in [0, 0.05) is 12.1 Å². The van der Waals surface area contributed by atoms with E-state index in [1.807, 2.05) is 31.2 Å². The molecule has 0 saturated carbocycles. The standard InChI is InChI=1S/C17H24F2N2O4/c1-11-5-7-12(8-6-11)9-20-14(22)13(10-24-15(18)19)25-16(23)21-17(2,3)4/h5-8,13,15H,9-10H2,1-4H3,(H,20,22)(H,21,23)/t13-/m1/s1. The van der Waals surface area contributed by atoms with E-state index in [0.717, 1.165) is 11.1 Å². The van der Waals surface area contributed by atoms with E-state index in [9.17, 15) is 18.4 Å². The van der Waals surface area contributed by atoms with Gasteiger partial charge in [-0.3, -0.25) is 4.79 Å². The van der Waals surface area contributed by atoms with Crippen LogP contribution in [0.15, 0.2) is 24.3 Å². The highest BCUT2D eigenvalue weighted by atomic mass is 19.3. The molecule has 0 unspecified atom stereocenters. The van der Waals surface area contributed by atoms with Crippen LogP contribution in [0.3, 0.4) is 0 Å². The molecule has 0 heterocycles. The molecule has 2 amide bonds. The molecule has 0 bridgehead atoms. The summed E-state index contributed by atoms with van der Waals surface area (Å²) in [4.78, 5) is 23.9. The highest BCUT2D eigenvalue weighted by Crippen LogP contribution is 2.06. The van der Waals surface area contributed by atoms with Crippen LogP contribution in [0.2, 0.25) is 0 Å². The zero-order valence-corrected chi connectivity index (χ0v) is 14.8. The van der Waals surface area contributed by atoms with Crippen molar-refractivity contribution in [3.63, 3.8) is 0 Å². The van der Waals surface area contributed by atoms with Gasteiger partial charge in [0.2, 0.25) is 6.10 Å². The topological polar surface area (TPSA) is 76.7 Å². The third kappa shape index (κ3) is 8.99. The first kappa shape index (κ1) is 20.8. The van der Waals surface area contributed by atoms with Crippen LogP contribution in [0.25, 0.3) is 0 Å². The quantitative estimate of drug-likeness (QED) is 0.786. The number of benzene rings is 1. The normalized spacial score (nSPS) is 12.6. The largest absolute Gasteiger partial charge is 0.434 e. The van der Waals surface area contributed by atoms with E-state index in [-0.39, 0.29) is 6.54 Å². The Morgan fingerprint density at radius 2 is 1.76 bits per heavy atom. The van der Waals surface area contributed by atoms with Crippen LogP contribution in [0.5, 0.6) is 0 Å². The molecule has 0 aliphatic rings. The van der Waals surface area contributed by atoms with Crippen LogP contribution in [0.1, 0.15) is 31.9 Å². The second-order valence-electron chi connectivity index (χ2n) is 6.57. The van der Waals surface area contributed by atoms with Gasteiger partial charge in [0.25, 0.3) is 5.91 Å². The fourth-order valence-electron chi connectivity index (χ4n) is 1.80. The lowest BCUT2D eigenvalue weighted by atomic mass is 10.1. The molecule has 0 saturated heterocycles. The van der Waals surface area contributed by atoms with Gasteiger partial charge < -0.3 is 20.1 Å². The number of carbonyl (C=O) groups is 2. The molecule has 0 radical (unpaired) electrons. The first-order valence-electron chi connectivity index (χ1n) is 7.78. The number of halogens is 2. The highest BCUT2D eigenvalue weighted by Gasteiger charge is 2.26. The van der Waals surface area contributed by atoms with Crippen LogP contribution >= 0.6 is 0 Å². The number of alkyl carbamates (subject to hydrolysis) is 1. The van der Waals surface area contributed by atoms with E-state index in [2.05, 4.69) is 15.4 Å². The maximum Gasteiger partial charge on any atom is 0.408 e. The summed E-state index contributed by atoms with van der Waals surface area (Å²) < 4.78 is 33.5. The Hall–Kier alpha value is -2.22. The van der Waals surface area contributed by atoms with Gasteiger partial charge in [-0.1, -0.05) is 29.8 Å². The minimum Gasteiger partial charge on any atom is -0.434 e. The second kappa shape index (κ2) is 9.31. The summed E-state index contributed by atoms with van der Waals surface area (Å²) in [6, 6.07) is 7.42. The third-order valence-electron chi connectivity index (χ3n) is 2.98. The number of alkyl halides is 2. The molecule has 140 valence electrons. The molecule has 6 nitrogen and oxygen atoms in total. The van der Waals surface area contributed by atoms with Gasteiger partial charge in [0.15, 0.2) is 0 Å². The minimum atomic E-state index is -3.07. The number of nitrogens with one attached hydrogen (secondary N) is 2. The summed E-state index contributed by atoms with van der Waals surface area (Å²) in [5.74, 6) is -0.717. The predicted octanol–water partition coefficient (Wildman–Crippen LogP) is 2.74. The van der Waals surface area contributed by atoms with Crippen molar-refractivity contribution in [2.75, 3.05) is 6.61 Å². The molecular weight excluding hydrogens is 334 g/mol. The molecule has 1 aromatic rings. The molecule has 0 fully saturated rings. The lowest BCUT2D eigenvalue weighted by Gasteiger charge is -2.23. The zero-order valence-electron chi connectivity index (χ0n) is 14.8. The first-order chi connectivity index (χ1) is 11.6. The average Bonchev–Trinajstić information content (AvgIpc) is 2.48. The zero-order chi connectivity index (χ0) is 19.0. The fraction of sp³-hybridized carbons (Fsp3) is 0.529. The number of hydrogen-bond acceptors (Lipinski definition) is 4. The van der Waals surface area contributed by atoms with Crippen molar-refractivity contribution >= 4 is 12.0 Å². The molecule has 0 spiro atoms. The van der Waals surface area contributed by atoms with Crippen molar-refractivity contribution < 1.29 is 27.8 Å². The van der Waals surface area contributed by atoms with E-state index in [1.165, 1.54) is 0 Å². The molecule has 1 rings (SSSR count). The summed E-state index contributed by atoms with van der Waals surface area (Å²) in [7, 11) is 0. The van der Waals surface area contributed by atoms with Gasteiger partial charge in [-0.2, -0.15) is 8.78 Å². The van der Waals surface area contributed by atoms with Crippen molar-refractivity contribution in [2.24, 2.45) is 0 Å². The lowest BCUT2D eigenvalue weighted by molar-refractivity contribution is -0.158. The Labute approximate surface area is 145 Å². The molecule has 0 aromatic heterocycles. The molecular formula is C17H24F2N2O4. The molecule has 0 aliphatic heterocycles. The number of ether oxygens (including phenoxy) is 2. The summed E-state index contributed by atoms with van der Waals surface area (Å²) in [5.41, 5.74) is 1.30. The van der Waals surface area contributed by atoms with Gasteiger partial charge in [-0.05, 0) is 33.3 Å². The number of carbonyl (C=O) groups excluding carboxylic acids is 2. The van der Waals surface area contributed by atoms with Crippen molar-refractivity contribution in [3.8, 4) is 0 Å². The number of rotatable bonds is 7. The van der Waals surface area contributed by atoms with E-state index in [0.29, 0.717) is 0 Å². The molecule has 1 aromatic carbocycles. The first-order valence-corrected chi connectivity index (χ1v) is 7.78. The van der Waals surface area contributed by atoms with Gasteiger partial charge in [-0.25, -0.2) is 4.79 Å². The maximum absolute atomic E-state index is 12.2. The average molecular weight is 358 g/mol. The van der Waals surface area contributed by atoms with Gasteiger partial charge in [0.05, 0.1) is 6.61 Å². The van der Waals surface area contributed by atoms with Gasteiger partial charge in [-0.15, -0.1) is 0 Å².